The Morgan fingerprint density at radius 3 is 2.96 bits per heavy atom. The van der Waals surface area contributed by atoms with Crippen LogP contribution in [0.1, 0.15) is 38.7 Å². The SMILES string of the molecule is CC(C)[C@@H](COCc1cccnc1)NC(=O)C1CCCCN1C. The summed E-state index contributed by atoms with van der Waals surface area (Å²) in [5.41, 5.74) is 1.05. The zero-order chi connectivity index (χ0) is 16.7. The van der Waals surface area contributed by atoms with E-state index in [4.69, 9.17) is 4.74 Å². The predicted molar refractivity (Wildman–Crippen MR) is 90.9 cm³/mol. The minimum Gasteiger partial charge on any atom is -0.375 e. The van der Waals surface area contributed by atoms with Gasteiger partial charge in [-0.25, -0.2) is 0 Å². The average molecular weight is 319 g/mol. The lowest BCUT2D eigenvalue weighted by Gasteiger charge is -2.33. The third-order valence-electron chi connectivity index (χ3n) is 4.49. The number of carbonyl (C=O) groups is 1. The van der Waals surface area contributed by atoms with Gasteiger partial charge in [0.1, 0.15) is 0 Å². The molecule has 0 bridgehead atoms. The van der Waals surface area contributed by atoms with E-state index in [-0.39, 0.29) is 18.0 Å². The van der Waals surface area contributed by atoms with Crippen molar-refractivity contribution in [1.29, 1.82) is 0 Å². The number of nitrogens with one attached hydrogen (secondary N) is 1. The van der Waals surface area contributed by atoms with Gasteiger partial charge in [-0.3, -0.25) is 14.7 Å². The fraction of sp³-hybridized carbons (Fsp3) is 0.667. The molecule has 23 heavy (non-hydrogen) atoms. The summed E-state index contributed by atoms with van der Waals surface area (Å²) in [6.45, 7) is 6.28. The van der Waals surface area contributed by atoms with Crippen molar-refractivity contribution in [2.45, 2.75) is 51.8 Å². The zero-order valence-electron chi connectivity index (χ0n) is 14.5. The summed E-state index contributed by atoms with van der Waals surface area (Å²) in [6.07, 6.45) is 6.82. The molecule has 2 atom stereocenters. The van der Waals surface area contributed by atoms with E-state index in [1.54, 1.807) is 12.4 Å². The molecule has 1 aliphatic rings. The van der Waals surface area contributed by atoms with E-state index in [1.807, 2.05) is 19.2 Å². The molecule has 1 amide bonds. The smallest absolute Gasteiger partial charge is 0.237 e. The van der Waals surface area contributed by atoms with E-state index in [2.05, 4.69) is 29.0 Å². The fourth-order valence-corrected chi connectivity index (χ4v) is 2.87. The van der Waals surface area contributed by atoms with E-state index in [9.17, 15) is 4.79 Å². The van der Waals surface area contributed by atoms with E-state index < -0.39 is 0 Å². The lowest BCUT2D eigenvalue weighted by molar-refractivity contribution is -0.128. The third-order valence-corrected chi connectivity index (χ3v) is 4.49. The molecule has 1 N–H and O–H groups in total. The molecule has 1 unspecified atom stereocenters. The lowest BCUT2D eigenvalue weighted by atomic mass is 10.00. The Balaban J connectivity index is 1.82. The Bertz CT molecular complexity index is 478. The van der Waals surface area contributed by atoms with Crippen LogP contribution in [0.4, 0.5) is 0 Å². The number of carbonyl (C=O) groups excluding carboxylic acids is 1. The summed E-state index contributed by atoms with van der Waals surface area (Å²) in [7, 11) is 2.03. The average Bonchev–Trinajstić information content (AvgIpc) is 2.55. The first kappa shape index (κ1) is 17.9. The molecule has 0 saturated carbocycles. The number of nitrogens with zero attached hydrogens (tertiary/aromatic N) is 2. The normalized spacial score (nSPS) is 20.4. The molecule has 0 spiro atoms. The number of ether oxygens (including phenoxy) is 1. The highest BCUT2D eigenvalue weighted by Gasteiger charge is 2.28. The molecule has 1 aromatic heterocycles. The van der Waals surface area contributed by atoms with E-state index >= 15 is 0 Å². The molecule has 1 fully saturated rings. The van der Waals surface area contributed by atoms with Crippen molar-refractivity contribution in [3.05, 3.63) is 30.1 Å². The van der Waals surface area contributed by atoms with Gasteiger partial charge in [0.25, 0.3) is 0 Å². The van der Waals surface area contributed by atoms with Crippen LogP contribution in [0.5, 0.6) is 0 Å². The Labute approximate surface area is 139 Å². The number of likely N-dealkylation sites (N-methyl/N-ethyl adjacent to an activating group) is 1. The number of hydrogen-bond acceptors (Lipinski definition) is 4. The van der Waals surface area contributed by atoms with Crippen LogP contribution in [0.3, 0.4) is 0 Å². The van der Waals surface area contributed by atoms with Gasteiger partial charge >= 0.3 is 0 Å². The van der Waals surface area contributed by atoms with Crippen LogP contribution >= 0.6 is 0 Å². The standard InChI is InChI=1S/C18H29N3O2/c1-14(2)16(13-23-12-15-7-6-9-19-11-15)20-18(22)17-8-4-5-10-21(17)3/h6-7,9,11,14,16-17H,4-5,8,10,12-13H2,1-3H3,(H,20,22)/t16-,17?/m1/s1. The Kier molecular flexibility index (Phi) is 6.99. The van der Waals surface area contributed by atoms with Gasteiger partial charge in [0.05, 0.1) is 25.3 Å². The van der Waals surface area contributed by atoms with Crippen molar-refractivity contribution in [3.63, 3.8) is 0 Å². The molecule has 5 heteroatoms. The first-order chi connectivity index (χ1) is 11.1. The second-order valence-electron chi connectivity index (χ2n) is 6.73. The molecular formula is C18H29N3O2. The second-order valence-corrected chi connectivity index (χ2v) is 6.73. The monoisotopic (exact) mass is 319 g/mol. The van der Waals surface area contributed by atoms with Crippen molar-refractivity contribution in [1.82, 2.24) is 15.2 Å². The van der Waals surface area contributed by atoms with E-state index in [1.165, 1.54) is 6.42 Å². The van der Waals surface area contributed by atoms with Crippen LogP contribution < -0.4 is 5.32 Å². The first-order valence-corrected chi connectivity index (χ1v) is 8.55. The second kappa shape index (κ2) is 8.99. The molecule has 1 aromatic rings. The highest BCUT2D eigenvalue weighted by molar-refractivity contribution is 5.82. The Morgan fingerprint density at radius 2 is 2.30 bits per heavy atom. The highest BCUT2D eigenvalue weighted by Crippen LogP contribution is 2.16. The number of amides is 1. The molecule has 2 heterocycles. The molecular weight excluding hydrogens is 290 g/mol. The van der Waals surface area contributed by atoms with Gasteiger partial charge in [-0.05, 0) is 44.0 Å². The van der Waals surface area contributed by atoms with Gasteiger partial charge in [0, 0.05) is 12.4 Å². The number of hydrogen-bond donors (Lipinski definition) is 1. The number of likely N-dealkylation sites (tertiary alicyclic amines) is 1. The largest absolute Gasteiger partial charge is 0.375 e. The molecule has 1 saturated heterocycles. The predicted octanol–water partition coefficient (Wildman–Crippen LogP) is 2.22. The van der Waals surface area contributed by atoms with Gasteiger partial charge < -0.3 is 10.1 Å². The molecule has 0 aromatic carbocycles. The van der Waals surface area contributed by atoms with Gasteiger partial charge in [0.15, 0.2) is 0 Å². The fourth-order valence-electron chi connectivity index (χ4n) is 2.87. The van der Waals surface area contributed by atoms with Gasteiger partial charge in [-0.1, -0.05) is 26.3 Å². The molecule has 128 valence electrons. The number of aromatic nitrogens is 1. The topological polar surface area (TPSA) is 54.5 Å². The van der Waals surface area contributed by atoms with Crippen LogP contribution in [0.15, 0.2) is 24.5 Å². The first-order valence-electron chi connectivity index (χ1n) is 8.55. The highest BCUT2D eigenvalue weighted by atomic mass is 16.5. The maximum atomic E-state index is 12.5. The number of pyridine rings is 1. The Hall–Kier alpha value is -1.46. The van der Waals surface area contributed by atoms with Gasteiger partial charge in [-0.15, -0.1) is 0 Å². The maximum Gasteiger partial charge on any atom is 0.237 e. The summed E-state index contributed by atoms with van der Waals surface area (Å²) >= 11 is 0. The van der Waals surface area contributed by atoms with Crippen molar-refractivity contribution >= 4 is 5.91 Å². The quantitative estimate of drug-likeness (QED) is 0.837. The summed E-state index contributed by atoms with van der Waals surface area (Å²) in [4.78, 5) is 18.8. The summed E-state index contributed by atoms with van der Waals surface area (Å²) in [5.74, 6) is 0.470. The number of piperidine rings is 1. The molecule has 2 rings (SSSR count). The molecule has 5 nitrogen and oxygen atoms in total. The third kappa shape index (κ3) is 5.59. The van der Waals surface area contributed by atoms with Crippen LogP contribution in [0, 0.1) is 5.92 Å². The van der Waals surface area contributed by atoms with Crippen molar-refractivity contribution in [2.24, 2.45) is 5.92 Å². The van der Waals surface area contributed by atoms with Crippen molar-refractivity contribution in [2.75, 3.05) is 20.2 Å². The van der Waals surface area contributed by atoms with Gasteiger partial charge in [-0.2, -0.15) is 0 Å². The van der Waals surface area contributed by atoms with Crippen LogP contribution in [-0.4, -0.2) is 48.1 Å². The maximum absolute atomic E-state index is 12.5. The number of rotatable bonds is 7. The summed E-state index contributed by atoms with van der Waals surface area (Å²) in [6, 6.07) is 3.93. The van der Waals surface area contributed by atoms with Gasteiger partial charge in [0.2, 0.25) is 5.91 Å². The lowest BCUT2D eigenvalue weighted by Crippen LogP contribution is -2.52. The van der Waals surface area contributed by atoms with Crippen molar-refractivity contribution < 1.29 is 9.53 Å². The summed E-state index contributed by atoms with van der Waals surface area (Å²) < 4.78 is 5.79. The zero-order valence-corrected chi connectivity index (χ0v) is 14.5. The van der Waals surface area contributed by atoms with Crippen molar-refractivity contribution in [3.8, 4) is 0 Å². The van der Waals surface area contributed by atoms with E-state index in [0.29, 0.717) is 19.1 Å². The van der Waals surface area contributed by atoms with Crippen LogP contribution in [0.25, 0.3) is 0 Å². The van der Waals surface area contributed by atoms with Crippen LogP contribution in [-0.2, 0) is 16.1 Å². The summed E-state index contributed by atoms with van der Waals surface area (Å²) in [5, 5.41) is 3.18. The molecule has 0 aliphatic carbocycles. The van der Waals surface area contributed by atoms with E-state index in [0.717, 1.165) is 24.9 Å². The Morgan fingerprint density at radius 1 is 1.48 bits per heavy atom. The minimum atomic E-state index is 0.00308. The molecule has 0 radical (unpaired) electrons. The van der Waals surface area contributed by atoms with Crippen LogP contribution in [0.2, 0.25) is 0 Å². The molecule has 1 aliphatic heterocycles. The minimum absolute atomic E-state index is 0.00308.